The second kappa shape index (κ2) is 17.6. The highest BCUT2D eigenvalue weighted by molar-refractivity contribution is 6.22. The molecule has 0 spiro atoms. The maximum atomic E-state index is 15.5. The van der Waals surface area contributed by atoms with E-state index in [9.17, 15) is 0 Å². The number of benzene rings is 13. The molecule has 0 saturated carbocycles. The molecular formula is C74H45F2N3. The molecule has 0 aliphatic heterocycles. The van der Waals surface area contributed by atoms with Gasteiger partial charge in [-0.05, 0) is 163 Å². The molecule has 0 atom stereocenters. The van der Waals surface area contributed by atoms with Crippen LogP contribution in [0.15, 0.2) is 273 Å². The van der Waals surface area contributed by atoms with Crippen molar-refractivity contribution in [3.05, 3.63) is 285 Å². The van der Waals surface area contributed by atoms with Crippen LogP contribution in [0, 0.1) is 11.6 Å². The van der Waals surface area contributed by atoms with E-state index in [1.165, 1.54) is 50.4 Å². The summed E-state index contributed by atoms with van der Waals surface area (Å²) in [5, 5.41) is 11.4. The molecule has 5 heteroatoms. The SMILES string of the molecule is Fc1ccccc1-n1c2ccccc2c2cc(-c3ccc4c(c3)c3cc(-c5ccc6c(c5)c5ccccc5n6-c5ccccc5F)ccc3n4-c3ccc(-c4c5ccccc5c(-c5ccccc5)c5ccccc45)cc3)ccc21. The molecule has 16 rings (SSSR count). The Labute approximate surface area is 453 Å². The molecule has 3 aromatic heterocycles. The first-order chi connectivity index (χ1) is 39.0. The lowest BCUT2D eigenvalue weighted by molar-refractivity contribution is 0.620. The van der Waals surface area contributed by atoms with E-state index < -0.39 is 0 Å². The molecule has 3 heterocycles. The van der Waals surface area contributed by atoms with Crippen LogP contribution in [0.4, 0.5) is 8.78 Å². The van der Waals surface area contributed by atoms with Crippen LogP contribution in [-0.4, -0.2) is 13.7 Å². The molecule has 0 N–H and O–H groups in total. The minimum atomic E-state index is -0.265. The smallest absolute Gasteiger partial charge is 0.147 e. The third kappa shape index (κ3) is 6.89. The maximum absolute atomic E-state index is 15.5. The number of hydrogen-bond acceptors (Lipinski definition) is 0. The lowest BCUT2D eigenvalue weighted by Gasteiger charge is -2.18. The largest absolute Gasteiger partial charge is 0.309 e. The Morgan fingerprint density at radius 2 is 0.494 bits per heavy atom. The number of rotatable bonds is 7. The number of fused-ring (bicyclic) bond motifs is 11. The number of nitrogens with zero attached hydrogens (tertiary/aromatic N) is 3. The first-order valence-electron chi connectivity index (χ1n) is 26.8. The molecule has 370 valence electrons. The monoisotopic (exact) mass is 1010 g/mol. The zero-order valence-electron chi connectivity index (χ0n) is 42.6. The van der Waals surface area contributed by atoms with Crippen LogP contribution in [0.2, 0.25) is 0 Å². The highest BCUT2D eigenvalue weighted by Gasteiger charge is 2.22. The fourth-order valence-corrected chi connectivity index (χ4v) is 12.9. The third-order valence-electron chi connectivity index (χ3n) is 16.4. The Morgan fingerprint density at radius 1 is 0.203 bits per heavy atom. The van der Waals surface area contributed by atoms with Gasteiger partial charge >= 0.3 is 0 Å². The van der Waals surface area contributed by atoms with Gasteiger partial charge in [0.25, 0.3) is 0 Å². The summed E-state index contributed by atoms with van der Waals surface area (Å²) in [7, 11) is 0. The second-order valence-corrected chi connectivity index (χ2v) is 20.6. The number of aromatic nitrogens is 3. The van der Waals surface area contributed by atoms with E-state index in [1.54, 1.807) is 12.1 Å². The maximum Gasteiger partial charge on any atom is 0.147 e. The van der Waals surface area contributed by atoms with Crippen LogP contribution in [-0.2, 0) is 0 Å². The number of halogens is 2. The number of hydrogen-bond donors (Lipinski definition) is 0. The zero-order valence-corrected chi connectivity index (χ0v) is 42.6. The van der Waals surface area contributed by atoms with E-state index in [0.29, 0.717) is 11.4 Å². The quantitative estimate of drug-likeness (QED) is 0.141. The summed E-state index contributed by atoms with van der Waals surface area (Å²) in [6, 6.07) is 94.7. The van der Waals surface area contributed by atoms with E-state index in [-0.39, 0.29) is 11.6 Å². The first-order valence-corrected chi connectivity index (χ1v) is 26.8. The van der Waals surface area contributed by atoms with Crippen molar-refractivity contribution in [3.8, 4) is 61.6 Å². The fourth-order valence-electron chi connectivity index (χ4n) is 12.9. The van der Waals surface area contributed by atoms with Gasteiger partial charge in [-0.15, -0.1) is 0 Å². The molecule has 0 aliphatic rings. The van der Waals surface area contributed by atoms with Crippen molar-refractivity contribution >= 4 is 87.0 Å². The summed E-state index contributed by atoms with van der Waals surface area (Å²) >= 11 is 0. The Balaban J connectivity index is 0.884. The van der Waals surface area contributed by atoms with Crippen LogP contribution in [0.3, 0.4) is 0 Å². The Bertz CT molecular complexity index is 4880. The molecule has 16 aromatic rings. The van der Waals surface area contributed by atoms with Gasteiger partial charge in [0.15, 0.2) is 0 Å². The average molecular weight is 1010 g/mol. The topological polar surface area (TPSA) is 14.8 Å². The zero-order chi connectivity index (χ0) is 52.3. The van der Waals surface area contributed by atoms with Gasteiger partial charge in [-0.2, -0.15) is 0 Å². The van der Waals surface area contributed by atoms with Gasteiger partial charge in [0.05, 0.1) is 44.5 Å². The molecule has 13 aromatic carbocycles. The van der Waals surface area contributed by atoms with Gasteiger partial charge in [0.2, 0.25) is 0 Å². The number of para-hydroxylation sites is 4. The summed E-state index contributed by atoms with van der Waals surface area (Å²) in [6.45, 7) is 0. The fraction of sp³-hybridized carbons (Fsp3) is 0. The van der Waals surface area contributed by atoms with Crippen LogP contribution < -0.4 is 0 Å². The molecule has 0 aliphatic carbocycles. The van der Waals surface area contributed by atoms with Gasteiger partial charge in [-0.25, -0.2) is 8.78 Å². The lowest BCUT2D eigenvalue weighted by Crippen LogP contribution is -1.97. The average Bonchev–Trinajstić information content (AvgIpc) is 4.39. The van der Waals surface area contributed by atoms with Crippen LogP contribution in [0.25, 0.3) is 149 Å². The van der Waals surface area contributed by atoms with E-state index in [1.807, 2.05) is 45.5 Å². The first kappa shape index (κ1) is 44.9. The van der Waals surface area contributed by atoms with Crippen LogP contribution in [0.5, 0.6) is 0 Å². The van der Waals surface area contributed by atoms with Gasteiger partial charge in [-0.1, -0.05) is 176 Å². The molecule has 0 amide bonds. The lowest BCUT2D eigenvalue weighted by atomic mass is 9.86. The molecule has 0 bridgehead atoms. The third-order valence-corrected chi connectivity index (χ3v) is 16.4. The van der Waals surface area contributed by atoms with Crippen LogP contribution >= 0.6 is 0 Å². The van der Waals surface area contributed by atoms with Crippen molar-refractivity contribution < 1.29 is 8.78 Å². The molecule has 79 heavy (non-hydrogen) atoms. The highest BCUT2D eigenvalue weighted by Crippen LogP contribution is 2.46. The van der Waals surface area contributed by atoms with Gasteiger partial charge < -0.3 is 13.7 Å². The standard InChI is InChI=1S/C74H45F2N3/c75-63-24-10-14-28-71(63)78-65-26-12-8-18-53(65)59-42-48(34-40-69(59)78)50-32-38-67-61(44-50)62-45-51(49-35-41-70-60(43-49)54-19-9-13-27-66(54)79(70)72-29-15-11-25-64(72)76)33-39-68(62)77(67)52-36-30-47(31-37-52)74-57-22-6-4-20-55(57)73(46-16-2-1-3-17-46)56-21-5-7-23-58(56)74/h1-45H. The highest BCUT2D eigenvalue weighted by atomic mass is 19.1. The van der Waals surface area contributed by atoms with E-state index in [4.69, 9.17) is 0 Å². The molecule has 0 radical (unpaired) electrons. The second-order valence-electron chi connectivity index (χ2n) is 20.6. The Hall–Kier alpha value is -10.4. The van der Waals surface area contributed by atoms with Gasteiger partial charge in [0, 0.05) is 38.0 Å². The van der Waals surface area contributed by atoms with Crippen molar-refractivity contribution in [2.45, 2.75) is 0 Å². The van der Waals surface area contributed by atoms with Gasteiger partial charge in [0.1, 0.15) is 11.6 Å². The van der Waals surface area contributed by atoms with E-state index >= 15 is 8.78 Å². The van der Waals surface area contributed by atoms with E-state index in [0.717, 1.165) is 98.9 Å². The minimum Gasteiger partial charge on any atom is -0.309 e. The van der Waals surface area contributed by atoms with Crippen molar-refractivity contribution in [1.82, 2.24) is 13.7 Å². The Kier molecular flexibility index (Phi) is 10.0. The summed E-state index contributed by atoms with van der Waals surface area (Å²) in [5.74, 6) is -0.530. The van der Waals surface area contributed by atoms with Crippen molar-refractivity contribution in [2.24, 2.45) is 0 Å². The van der Waals surface area contributed by atoms with Crippen molar-refractivity contribution in [2.75, 3.05) is 0 Å². The molecule has 0 fully saturated rings. The summed E-state index contributed by atoms with van der Waals surface area (Å²) in [6.07, 6.45) is 0. The molecule has 0 unspecified atom stereocenters. The van der Waals surface area contributed by atoms with Crippen molar-refractivity contribution in [3.63, 3.8) is 0 Å². The summed E-state index contributed by atoms with van der Waals surface area (Å²) in [4.78, 5) is 0. The predicted octanol–water partition coefficient (Wildman–Crippen LogP) is 20.2. The van der Waals surface area contributed by atoms with E-state index in [2.05, 4.69) is 217 Å². The molecular weight excluding hydrogens is 969 g/mol. The van der Waals surface area contributed by atoms with Gasteiger partial charge in [-0.3, -0.25) is 0 Å². The summed E-state index contributed by atoms with van der Waals surface area (Å²) in [5.41, 5.74) is 17.2. The summed E-state index contributed by atoms with van der Waals surface area (Å²) < 4.78 is 37.5. The van der Waals surface area contributed by atoms with Crippen molar-refractivity contribution in [1.29, 1.82) is 0 Å². The minimum absolute atomic E-state index is 0.265. The molecule has 3 nitrogen and oxygen atoms in total. The molecule has 0 saturated heterocycles. The Morgan fingerprint density at radius 3 is 0.899 bits per heavy atom. The normalized spacial score (nSPS) is 11.9. The predicted molar refractivity (Wildman–Crippen MR) is 326 cm³/mol. The van der Waals surface area contributed by atoms with Crippen LogP contribution in [0.1, 0.15) is 0 Å².